The zero-order chi connectivity index (χ0) is 17.9. The summed E-state index contributed by atoms with van der Waals surface area (Å²) in [6.07, 6.45) is 0. The fraction of sp³-hybridized carbons (Fsp3) is 0.105. The molecular weight excluding hydrogens is 336 g/mol. The number of fused-ring (bicyclic) bond motifs is 2. The first-order valence-corrected chi connectivity index (χ1v) is 7.94. The summed E-state index contributed by atoms with van der Waals surface area (Å²) in [4.78, 5) is 17.2. The van der Waals surface area contributed by atoms with Gasteiger partial charge in [-0.25, -0.2) is 0 Å². The number of benzene rings is 2. The largest absolute Gasteiger partial charge is 0.454 e. The lowest BCUT2D eigenvalue weighted by molar-refractivity contribution is -0.122. The van der Waals surface area contributed by atoms with Gasteiger partial charge in [-0.2, -0.15) is 0 Å². The number of carbonyl (C=O) groups is 1. The highest BCUT2D eigenvalue weighted by molar-refractivity contribution is 5.92. The van der Waals surface area contributed by atoms with Crippen molar-refractivity contribution in [1.29, 1.82) is 0 Å². The molecule has 0 atom stereocenters. The van der Waals surface area contributed by atoms with E-state index < -0.39 is 0 Å². The molecule has 7 heteroatoms. The second kappa shape index (κ2) is 6.81. The number of rotatable bonds is 6. The van der Waals surface area contributed by atoms with E-state index in [1.165, 1.54) is 0 Å². The van der Waals surface area contributed by atoms with Crippen molar-refractivity contribution in [2.75, 3.05) is 18.7 Å². The van der Waals surface area contributed by atoms with Crippen LogP contribution in [0.15, 0.2) is 59.5 Å². The van der Waals surface area contributed by atoms with Crippen LogP contribution in [0.25, 0.3) is 16.7 Å². The van der Waals surface area contributed by atoms with Crippen LogP contribution in [0, 0.1) is 0 Å². The quantitative estimate of drug-likeness (QED) is 0.663. The van der Waals surface area contributed by atoms with Crippen molar-refractivity contribution in [2.45, 2.75) is 0 Å². The summed E-state index contributed by atoms with van der Waals surface area (Å²) in [6.45, 7) is 3.83. The van der Waals surface area contributed by atoms with Gasteiger partial charge in [-0.1, -0.05) is 24.8 Å². The molecule has 7 nitrogen and oxygen atoms in total. The van der Waals surface area contributed by atoms with Gasteiger partial charge in [-0.15, -0.1) is 0 Å². The Balaban J connectivity index is 1.28. The molecule has 0 saturated heterocycles. The molecule has 4 rings (SSSR count). The number of furan rings is 1. The number of ether oxygens (including phenoxy) is 2. The van der Waals surface area contributed by atoms with E-state index in [0.29, 0.717) is 28.6 Å². The Kier molecular flexibility index (Phi) is 4.20. The van der Waals surface area contributed by atoms with Crippen molar-refractivity contribution in [2.24, 2.45) is 0 Å². The Bertz CT molecular complexity index is 946. The van der Waals surface area contributed by atoms with Crippen molar-refractivity contribution in [3.05, 3.63) is 60.9 Å². The molecule has 0 saturated carbocycles. The lowest BCUT2D eigenvalue weighted by atomic mass is 10.2. The van der Waals surface area contributed by atoms with Crippen LogP contribution in [0.3, 0.4) is 0 Å². The van der Waals surface area contributed by atoms with Crippen LogP contribution in [-0.4, -0.2) is 19.3 Å². The normalized spacial score (nSPS) is 12.2. The first kappa shape index (κ1) is 16.0. The third kappa shape index (κ3) is 3.33. The molecule has 26 heavy (non-hydrogen) atoms. The van der Waals surface area contributed by atoms with E-state index in [-0.39, 0.29) is 19.3 Å². The Morgan fingerprint density at radius 2 is 1.96 bits per heavy atom. The number of hydrogen-bond acceptors (Lipinski definition) is 6. The molecule has 0 bridgehead atoms. The number of hydroxylamine groups is 1. The van der Waals surface area contributed by atoms with Gasteiger partial charge in [0.05, 0.1) is 5.70 Å². The summed E-state index contributed by atoms with van der Waals surface area (Å²) in [5, 5.41) is 3.68. The fourth-order valence-electron chi connectivity index (χ4n) is 2.54. The van der Waals surface area contributed by atoms with E-state index in [4.69, 9.17) is 18.7 Å². The predicted octanol–water partition coefficient (Wildman–Crippen LogP) is 3.29. The zero-order valence-corrected chi connectivity index (χ0v) is 13.8. The second-order valence-electron chi connectivity index (χ2n) is 5.63. The summed E-state index contributed by atoms with van der Waals surface area (Å²) < 4.78 is 16.2. The van der Waals surface area contributed by atoms with Crippen LogP contribution in [-0.2, 0) is 9.63 Å². The molecular formula is C19H16N2O5. The molecule has 0 radical (unpaired) electrons. The fourth-order valence-corrected chi connectivity index (χ4v) is 2.54. The second-order valence-corrected chi connectivity index (χ2v) is 5.63. The molecule has 1 aromatic heterocycles. The third-order valence-corrected chi connectivity index (χ3v) is 3.78. The maximum Gasteiger partial charge on any atom is 0.253 e. The van der Waals surface area contributed by atoms with Crippen LogP contribution in [0.1, 0.15) is 5.76 Å². The summed E-state index contributed by atoms with van der Waals surface area (Å²) in [5.74, 6) is 1.47. The van der Waals surface area contributed by atoms with E-state index in [0.717, 1.165) is 11.0 Å². The van der Waals surface area contributed by atoms with E-state index >= 15 is 0 Å². The van der Waals surface area contributed by atoms with Gasteiger partial charge in [-0.05, 0) is 24.3 Å². The Labute approximate surface area is 149 Å². The topological polar surface area (TPSA) is 82.0 Å². The van der Waals surface area contributed by atoms with Crippen LogP contribution < -0.4 is 20.3 Å². The van der Waals surface area contributed by atoms with Crippen LogP contribution in [0.2, 0.25) is 0 Å². The highest BCUT2D eigenvalue weighted by atomic mass is 16.7. The van der Waals surface area contributed by atoms with Gasteiger partial charge in [0.15, 0.2) is 23.9 Å². The summed E-state index contributed by atoms with van der Waals surface area (Å²) in [5.41, 5.74) is 4.40. The average molecular weight is 352 g/mol. The maximum atomic E-state index is 12.0. The SMILES string of the molecule is C=C(NOCC(=O)Nc1ccc2c(c1)OCO2)c1cc2ccccc2o1. The predicted molar refractivity (Wildman–Crippen MR) is 95.5 cm³/mol. The van der Waals surface area contributed by atoms with Gasteiger partial charge >= 0.3 is 0 Å². The Hall–Kier alpha value is -3.45. The first-order valence-electron chi connectivity index (χ1n) is 7.94. The minimum Gasteiger partial charge on any atom is -0.454 e. The summed E-state index contributed by atoms with van der Waals surface area (Å²) in [7, 11) is 0. The van der Waals surface area contributed by atoms with Crippen molar-refractivity contribution < 1.29 is 23.5 Å². The molecule has 0 aliphatic carbocycles. The molecule has 0 spiro atoms. The lowest BCUT2D eigenvalue weighted by Crippen LogP contribution is -2.23. The van der Waals surface area contributed by atoms with Gasteiger partial charge in [0.2, 0.25) is 6.79 Å². The molecule has 132 valence electrons. The standard InChI is InChI=1S/C19H16N2O5/c1-12(17-8-13-4-2-3-5-15(13)26-17)21-25-10-19(22)20-14-6-7-16-18(9-14)24-11-23-16/h2-9,21H,1,10-11H2,(H,20,22). The minimum atomic E-state index is -0.325. The van der Waals surface area contributed by atoms with Crippen molar-refractivity contribution in [1.82, 2.24) is 5.48 Å². The number of nitrogens with one attached hydrogen (secondary N) is 2. The Morgan fingerprint density at radius 1 is 1.12 bits per heavy atom. The number of amides is 1. The molecule has 0 fully saturated rings. The van der Waals surface area contributed by atoms with Gasteiger partial charge in [0.25, 0.3) is 5.91 Å². The molecule has 1 amide bonds. The molecule has 1 aliphatic rings. The zero-order valence-electron chi connectivity index (χ0n) is 13.8. The number of para-hydroxylation sites is 1. The number of anilines is 1. The molecule has 1 aliphatic heterocycles. The van der Waals surface area contributed by atoms with Crippen molar-refractivity contribution >= 4 is 28.3 Å². The van der Waals surface area contributed by atoms with E-state index in [2.05, 4.69) is 17.4 Å². The molecule has 2 heterocycles. The van der Waals surface area contributed by atoms with Gasteiger partial charge in [-0.3, -0.25) is 15.1 Å². The summed E-state index contributed by atoms with van der Waals surface area (Å²) in [6, 6.07) is 14.6. The van der Waals surface area contributed by atoms with Gasteiger partial charge in [0, 0.05) is 17.1 Å². The smallest absolute Gasteiger partial charge is 0.253 e. The van der Waals surface area contributed by atoms with Crippen LogP contribution in [0.5, 0.6) is 11.5 Å². The lowest BCUT2D eigenvalue weighted by Gasteiger charge is -2.09. The highest BCUT2D eigenvalue weighted by Crippen LogP contribution is 2.34. The molecule has 3 aromatic rings. The first-order chi connectivity index (χ1) is 12.7. The van der Waals surface area contributed by atoms with Crippen LogP contribution >= 0.6 is 0 Å². The Morgan fingerprint density at radius 3 is 2.85 bits per heavy atom. The maximum absolute atomic E-state index is 12.0. The molecule has 0 unspecified atom stereocenters. The number of carbonyl (C=O) groups excluding carboxylic acids is 1. The van der Waals surface area contributed by atoms with Crippen molar-refractivity contribution in [3.8, 4) is 11.5 Å². The van der Waals surface area contributed by atoms with Crippen molar-refractivity contribution in [3.63, 3.8) is 0 Å². The minimum absolute atomic E-state index is 0.184. The average Bonchev–Trinajstić information content (AvgIpc) is 3.27. The van der Waals surface area contributed by atoms with Crippen LogP contribution in [0.4, 0.5) is 5.69 Å². The van der Waals surface area contributed by atoms with E-state index in [1.807, 2.05) is 30.3 Å². The molecule has 2 aromatic carbocycles. The van der Waals surface area contributed by atoms with Gasteiger partial charge < -0.3 is 19.2 Å². The summed E-state index contributed by atoms with van der Waals surface area (Å²) >= 11 is 0. The molecule has 2 N–H and O–H groups in total. The number of hydrogen-bond donors (Lipinski definition) is 2. The van der Waals surface area contributed by atoms with E-state index in [1.54, 1.807) is 18.2 Å². The highest BCUT2D eigenvalue weighted by Gasteiger charge is 2.14. The van der Waals surface area contributed by atoms with E-state index in [9.17, 15) is 4.79 Å². The third-order valence-electron chi connectivity index (χ3n) is 3.78. The van der Waals surface area contributed by atoms with Gasteiger partial charge in [0.1, 0.15) is 5.58 Å². The monoisotopic (exact) mass is 352 g/mol.